The van der Waals surface area contributed by atoms with Gasteiger partial charge in [-0.25, -0.2) is 4.79 Å². The number of carbonyl (C=O) groups is 1. The van der Waals surface area contributed by atoms with Crippen molar-refractivity contribution in [2.24, 2.45) is 0 Å². The topological polar surface area (TPSA) is 51.5 Å². The largest absolute Gasteiger partial charge is 0.472 e. The van der Waals surface area contributed by atoms with Gasteiger partial charge in [-0.2, -0.15) is 0 Å². The molecule has 1 N–H and O–H groups in total. The molecule has 78 valence electrons. The van der Waals surface area contributed by atoms with Crippen LogP contribution in [0.15, 0.2) is 23.0 Å². The van der Waals surface area contributed by atoms with E-state index in [0.29, 0.717) is 6.54 Å². The van der Waals surface area contributed by atoms with Gasteiger partial charge in [-0.15, -0.1) is 0 Å². The van der Waals surface area contributed by atoms with Crippen LogP contribution in [0.2, 0.25) is 0 Å². The number of furan rings is 1. The molecular weight excluding hydrogens is 182 g/mol. The van der Waals surface area contributed by atoms with Crippen molar-refractivity contribution in [2.75, 3.05) is 13.7 Å². The number of ether oxygens (including phenoxy) is 1. The van der Waals surface area contributed by atoms with Crippen LogP contribution in [0.1, 0.15) is 19.4 Å². The van der Waals surface area contributed by atoms with Gasteiger partial charge in [0.05, 0.1) is 19.6 Å². The number of rotatable bonds is 4. The number of methoxy groups -OCH3 is 1. The van der Waals surface area contributed by atoms with Crippen molar-refractivity contribution in [1.82, 2.24) is 5.32 Å². The summed E-state index contributed by atoms with van der Waals surface area (Å²) in [4.78, 5) is 11.6. The van der Waals surface area contributed by atoms with Crippen LogP contribution in [0.5, 0.6) is 0 Å². The summed E-state index contributed by atoms with van der Waals surface area (Å²) in [5.74, 6) is -0.319. The van der Waals surface area contributed by atoms with Gasteiger partial charge in [0.25, 0.3) is 0 Å². The van der Waals surface area contributed by atoms with E-state index in [9.17, 15) is 4.79 Å². The third-order valence-corrected chi connectivity index (χ3v) is 2.22. The molecule has 4 heteroatoms. The fraction of sp³-hybridized carbons (Fsp3) is 0.500. The molecule has 14 heavy (non-hydrogen) atoms. The number of likely N-dealkylation sites (N-methyl/N-ethyl adjacent to an activating group) is 1. The lowest BCUT2D eigenvalue weighted by atomic mass is 9.95. The third kappa shape index (κ3) is 1.80. The Bertz CT molecular complexity index is 294. The molecule has 0 fully saturated rings. The zero-order valence-corrected chi connectivity index (χ0v) is 8.66. The summed E-state index contributed by atoms with van der Waals surface area (Å²) in [6.45, 7) is 4.38. The molecule has 0 aliphatic rings. The average molecular weight is 197 g/mol. The second kappa shape index (κ2) is 4.28. The first-order valence-corrected chi connectivity index (χ1v) is 4.51. The van der Waals surface area contributed by atoms with Crippen molar-refractivity contribution in [3.05, 3.63) is 24.2 Å². The zero-order valence-electron chi connectivity index (χ0n) is 8.66. The lowest BCUT2D eigenvalue weighted by Crippen LogP contribution is -2.47. The van der Waals surface area contributed by atoms with Crippen LogP contribution in [0.25, 0.3) is 0 Å². The molecule has 0 saturated carbocycles. The summed E-state index contributed by atoms with van der Waals surface area (Å²) in [6, 6.07) is 1.75. The summed E-state index contributed by atoms with van der Waals surface area (Å²) in [7, 11) is 1.37. The van der Waals surface area contributed by atoms with Crippen molar-refractivity contribution in [2.45, 2.75) is 19.4 Å². The van der Waals surface area contributed by atoms with E-state index in [1.54, 1.807) is 19.3 Å². The molecule has 0 bridgehead atoms. The third-order valence-electron chi connectivity index (χ3n) is 2.22. The first-order valence-electron chi connectivity index (χ1n) is 4.51. The van der Waals surface area contributed by atoms with Gasteiger partial charge in [-0.05, 0) is 19.5 Å². The molecule has 0 aliphatic carbocycles. The number of hydrogen-bond acceptors (Lipinski definition) is 4. The highest BCUT2D eigenvalue weighted by Crippen LogP contribution is 2.22. The van der Waals surface area contributed by atoms with Crippen molar-refractivity contribution in [3.63, 3.8) is 0 Å². The first-order chi connectivity index (χ1) is 6.65. The Kier molecular flexibility index (Phi) is 3.30. The van der Waals surface area contributed by atoms with Crippen LogP contribution in [-0.2, 0) is 15.1 Å². The minimum atomic E-state index is -0.823. The van der Waals surface area contributed by atoms with E-state index in [4.69, 9.17) is 9.15 Å². The molecule has 0 amide bonds. The van der Waals surface area contributed by atoms with Gasteiger partial charge in [0.2, 0.25) is 0 Å². The molecule has 1 aromatic heterocycles. The fourth-order valence-electron chi connectivity index (χ4n) is 1.40. The van der Waals surface area contributed by atoms with Crippen molar-refractivity contribution in [3.8, 4) is 0 Å². The van der Waals surface area contributed by atoms with E-state index in [1.165, 1.54) is 13.4 Å². The van der Waals surface area contributed by atoms with Crippen LogP contribution >= 0.6 is 0 Å². The lowest BCUT2D eigenvalue weighted by molar-refractivity contribution is -0.148. The van der Waals surface area contributed by atoms with Gasteiger partial charge in [-0.3, -0.25) is 5.32 Å². The van der Waals surface area contributed by atoms with E-state index in [0.717, 1.165) is 5.56 Å². The maximum absolute atomic E-state index is 11.6. The van der Waals surface area contributed by atoms with Crippen molar-refractivity contribution >= 4 is 5.97 Å². The molecule has 1 rings (SSSR count). The van der Waals surface area contributed by atoms with Gasteiger partial charge < -0.3 is 9.15 Å². The Labute approximate surface area is 83.2 Å². The van der Waals surface area contributed by atoms with Crippen molar-refractivity contribution in [1.29, 1.82) is 0 Å². The monoisotopic (exact) mass is 197 g/mol. The Morgan fingerprint density at radius 2 is 2.43 bits per heavy atom. The molecule has 1 heterocycles. The van der Waals surface area contributed by atoms with Gasteiger partial charge >= 0.3 is 5.97 Å². The second-order valence-corrected chi connectivity index (χ2v) is 3.16. The first kappa shape index (κ1) is 10.8. The summed E-state index contributed by atoms with van der Waals surface area (Å²) in [5.41, 5.74) is -0.0533. The van der Waals surface area contributed by atoms with Gasteiger partial charge in [0, 0.05) is 5.56 Å². The molecule has 0 aliphatic heterocycles. The normalized spacial score (nSPS) is 14.8. The summed E-state index contributed by atoms with van der Waals surface area (Å²) < 4.78 is 9.70. The smallest absolute Gasteiger partial charge is 0.330 e. The minimum Gasteiger partial charge on any atom is -0.472 e. The molecule has 4 nitrogen and oxygen atoms in total. The van der Waals surface area contributed by atoms with Crippen LogP contribution in [0.4, 0.5) is 0 Å². The Hall–Kier alpha value is -1.29. The van der Waals surface area contributed by atoms with E-state index in [-0.39, 0.29) is 5.97 Å². The molecular formula is C10H15NO3. The summed E-state index contributed by atoms with van der Waals surface area (Å²) in [6.07, 6.45) is 3.08. The van der Waals surface area contributed by atoms with Crippen LogP contribution in [0.3, 0.4) is 0 Å². The highest BCUT2D eigenvalue weighted by Gasteiger charge is 2.36. The number of nitrogens with one attached hydrogen (secondary N) is 1. The van der Waals surface area contributed by atoms with E-state index in [2.05, 4.69) is 5.32 Å². The summed E-state index contributed by atoms with van der Waals surface area (Å²) in [5, 5.41) is 3.08. The SMILES string of the molecule is CCNC(C)(C(=O)OC)c1ccoc1. The van der Waals surface area contributed by atoms with E-state index < -0.39 is 5.54 Å². The molecule has 0 aromatic carbocycles. The van der Waals surface area contributed by atoms with Crippen LogP contribution in [-0.4, -0.2) is 19.6 Å². The standard InChI is InChI=1S/C10H15NO3/c1-4-11-10(2,9(12)13-3)8-5-6-14-7-8/h5-7,11H,4H2,1-3H3. The predicted octanol–water partition coefficient (Wildman–Crippen LogP) is 1.28. The predicted molar refractivity (Wildman–Crippen MR) is 51.8 cm³/mol. The molecule has 1 aromatic rings. The van der Waals surface area contributed by atoms with Gasteiger partial charge in [-0.1, -0.05) is 6.92 Å². The number of esters is 1. The average Bonchev–Trinajstić information content (AvgIpc) is 2.70. The van der Waals surface area contributed by atoms with Crippen LogP contribution in [0, 0.1) is 0 Å². The molecule has 0 spiro atoms. The maximum Gasteiger partial charge on any atom is 0.330 e. The molecule has 0 saturated heterocycles. The second-order valence-electron chi connectivity index (χ2n) is 3.16. The number of hydrogen-bond donors (Lipinski definition) is 1. The minimum absolute atomic E-state index is 0.319. The van der Waals surface area contributed by atoms with Crippen molar-refractivity contribution < 1.29 is 13.9 Å². The Morgan fingerprint density at radius 1 is 1.71 bits per heavy atom. The number of carbonyl (C=O) groups excluding carboxylic acids is 1. The van der Waals surface area contributed by atoms with Crippen LogP contribution < -0.4 is 5.32 Å². The quantitative estimate of drug-likeness (QED) is 0.739. The highest BCUT2D eigenvalue weighted by atomic mass is 16.5. The van der Waals surface area contributed by atoms with E-state index in [1.807, 2.05) is 6.92 Å². The molecule has 0 radical (unpaired) electrons. The molecule has 1 atom stereocenters. The molecule has 1 unspecified atom stereocenters. The van der Waals surface area contributed by atoms with E-state index >= 15 is 0 Å². The van der Waals surface area contributed by atoms with Gasteiger partial charge in [0.15, 0.2) is 0 Å². The maximum atomic E-state index is 11.6. The Morgan fingerprint density at radius 3 is 2.86 bits per heavy atom. The lowest BCUT2D eigenvalue weighted by Gasteiger charge is -2.26. The van der Waals surface area contributed by atoms with Gasteiger partial charge in [0.1, 0.15) is 5.54 Å². The Balaban J connectivity index is 2.98. The fourth-order valence-corrected chi connectivity index (χ4v) is 1.40. The highest BCUT2D eigenvalue weighted by molar-refractivity contribution is 5.81. The summed E-state index contributed by atoms with van der Waals surface area (Å²) >= 11 is 0. The zero-order chi connectivity index (χ0) is 10.6.